The first kappa shape index (κ1) is 20.9. The summed E-state index contributed by atoms with van der Waals surface area (Å²) < 4.78 is 0. The molecule has 7 heteroatoms. The third-order valence-corrected chi connectivity index (χ3v) is 1.72. The predicted molar refractivity (Wildman–Crippen MR) is 56.5 cm³/mol. The minimum absolute atomic E-state index is 0. The fraction of sp³-hybridized carbons (Fsp3) is 0.200. The topological polar surface area (TPSA) is 140 Å². The molecule has 0 unspecified atom stereocenters. The van der Waals surface area contributed by atoms with Gasteiger partial charge in [0.15, 0.2) is 0 Å². The van der Waals surface area contributed by atoms with Crippen molar-refractivity contribution in [2.75, 3.05) is 6.54 Å². The maximum absolute atomic E-state index is 11.3. The molecule has 1 aromatic carbocycles. The van der Waals surface area contributed by atoms with Crippen LogP contribution in [0.5, 0.6) is 5.75 Å². The Bertz CT molecular complexity index is 381. The van der Waals surface area contributed by atoms with E-state index in [0.717, 1.165) is 0 Å². The van der Waals surface area contributed by atoms with Crippen molar-refractivity contribution < 1.29 is 43.0 Å². The van der Waals surface area contributed by atoms with E-state index in [-0.39, 0.29) is 33.8 Å². The van der Waals surface area contributed by atoms with E-state index < -0.39 is 12.5 Å². The van der Waals surface area contributed by atoms with Crippen molar-refractivity contribution >= 4 is 11.7 Å². The van der Waals surface area contributed by atoms with Crippen LogP contribution in [0.1, 0.15) is 12.5 Å². The van der Waals surface area contributed by atoms with Crippen LogP contribution in [0.4, 0.5) is 0 Å². The fourth-order valence-electron chi connectivity index (χ4n) is 1.03. The Morgan fingerprint density at radius 1 is 1.35 bits per heavy atom. The Balaban J connectivity index is -0.000000653. The summed E-state index contributed by atoms with van der Waals surface area (Å²) in [4.78, 5) is 13.8. The molecule has 17 heavy (non-hydrogen) atoms. The molecular weight excluding hydrogens is 278 g/mol. The molecule has 0 bridgehead atoms. The Morgan fingerprint density at radius 3 is 2.35 bits per heavy atom. The summed E-state index contributed by atoms with van der Waals surface area (Å²) >= 11 is 0. The van der Waals surface area contributed by atoms with Crippen LogP contribution in [0, 0.1) is 0 Å². The van der Waals surface area contributed by atoms with Gasteiger partial charge in [-0.15, -0.1) is 0 Å². The Morgan fingerprint density at radius 2 is 1.88 bits per heavy atom. The summed E-state index contributed by atoms with van der Waals surface area (Å²) in [5.74, 6) is -1.42. The second-order valence-corrected chi connectivity index (χ2v) is 2.77. The van der Waals surface area contributed by atoms with Gasteiger partial charge >= 0.3 is 17.1 Å². The number of para-hydroxylation sites is 1. The molecule has 0 atom stereocenters. The van der Waals surface area contributed by atoms with Gasteiger partial charge in [0.1, 0.15) is 0 Å². The Kier molecular flexibility index (Phi) is 12.1. The summed E-state index contributed by atoms with van der Waals surface area (Å²) in [5.41, 5.74) is 0.841. The van der Waals surface area contributed by atoms with Crippen LogP contribution >= 0.6 is 0 Å². The number of aliphatic imine (C=N–C) groups is 1. The van der Waals surface area contributed by atoms with E-state index in [2.05, 4.69) is 4.99 Å². The minimum Gasteiger partial charge on any atom is -0.872 e. The standard InChI is InChI=1S/C10H11NO3.Cu.2H2O/c1-7(11-6-10(13)14)8-4-2-3-5-9(8)12;;;/h2-5,12H,6H2,1H3,(H,13,14);;2*1H2/q;+2;;/p-1. The molecule has 99 valence electrons. The van der Waals surface area contributed by atoms with Crippen LogP contribution < -0.4 is 10.2 Å². The van der Waals surface area contributed by atoms with Crippen LogP contribution in [0.2, 0.25) is 0 Å². The molecule has 0 heterocycles. The van der Waals surface area contributed by atoms with Gasteiger partial charge in [0.2, 0.25) is 0 Å². The molecule has 1 rings (SSSR count). The quantitative estimate of drug-likeness (QED) is 0.347. The Hall–Kier alpha value is -1.40. The molecule has 1 aromatic rings. The van der Waals surface area contributed by atoms with Gasteiger partial charge in [-0.05, 0) is 12.5 Å². The van der Waals surface area contributed by atoms with Crippen LogP contribution in [-0.2, 0) is 27.3 Å². The van der Waals surface area contributed by atoms with Gasteiger partial charge in [-0.1, -0.05) is 30.0 Å². The monoisotopic (exact) mass is 291 g/mol. The minimum atomic E-state index is -1.26. The average Bonchev–Trinajstić information content (AvgIpc) is 2.15. The van der Waals surface area contributed by atoms with Crippen LogP contribution in [-0.4, -0.2) is 23.7 Å². The van der Waals surface area contributed by atoms with Crippen molar-refractivity contribution in [2.24, 2.45) is 4.99 Å². The Labute approximate surface area is 109 Å². The molecule has 0 aliphatic rings. The predicted octanol–water partition coefficient (Wildman–Crippen LogP) is -2.43. The van der Waals surface area contributed by atoms with Crippen LogP contribution in [0.15, 0.2) is 29.3 Å². The zero-order chi connectivity index (χ0) is 10.6. The third-order valence-electron chi connectivity index (χ3n) is 1.72. The van der Waals surface area contributed by atoms with Crippen molar-refractivity contribution in [2.45, 2.75) is 6.92 Å². The van der Waals surface area contributed by atoms with E-state index in [1.54, 1.807) is 25.1 Å². The van der Waals surface area contributed by atoms with Crippen molar-refractivity contribution in [3.63, 3.8) is 0 Å². The zero-order valence-electron chi connectivity index (χ0n) is 9.07. The number of hydrogen-bond acceptors (Lipinski definition) is 4. The first-order chi connectivity index (χ1) is 6.61. The van der Waals surface area contributed by atoms with Gasteiger partial charge < -0.3 is 26.0 Å². The molecule has 0 saturated carbocycles. The van der Waals surface area contributed by atoms with Crippen molar-refractivity contribution in [1.82, 2.24) is 0 Å². The second kappa shape index (κ2) is 9.80. The summed E-state index contributed by atoms with van der Waals surface area (Å²) in [7, 11) is 0. The first-order valence-electron chi connectivity index (χ1n) is 4.08. The molecule has 0 amide bonds. The number of hydrogen-bond donors (Lipinski definition) is 0. The molecule has 5 N–H and O–H groups in total. The second-order valence-electron chi connectivity index (χ2n) is 2.77. The molecular formula is C10H14CuNO5+. The van der Waals surface area contributed by atoms with Crippen molar-refractivity contribution in [3.8, 4) is 5.75 Å². The largest absolute Gasteiger partial charge is 2.00 e. The number of aliphatic carboxylic acids is 1. The molecule has 0 aliphatic carbocycles. The van der Waals surface area contributed by atoms with E-state index >= 15 is 0 Å². The summed E-state index contributed by atoms with van der Waals surface area (Å²) in [5, 5.41) is 21.4. The number of carboxylic acid groups (broad SMARTS) is 1. The van der Waals surface area contributed by atoms with Gasteiger partial charge in [-0.25, -0.2) is 0 Å². The normalized spacial score (nSPS) is 9.35. The van der Waals surface area contributed by atoms with Gasteiger partial charge in [-0.3, -0.25) is 4.99 Å². The maximum atomic E-state index is 11.3. The van der Waals surface area contributed by atoms with Crippen LogP contribution in [0.3, 0.4) is 0 Å². The number of carbonyl (C=O) groups excluding carboxylic acids is 1. The van der Waals surface area contributed by atoms with Gasteiger partial charge in [0.05, 0.1) is 12.5 Å². The molecule has 0 saturated heterocycles. The molecule has 0 aromatic heterocycles. The first-order valence-corrected chi connectivity index (χ1v) is 4.08. The summed E-state index contributed by atoms with van der Waals surface area (Å²) in [6.07, 6.45) is 0. The smallest absolute Gasteiger partial charge is 0.872 e. The van der Waals surface area contributed by atoms with Gasteiger partial charge in [0.25, 0.3) is 0 Å². The van der Waals surface area contributed by atoms with Crippen LogP contribution in [0.25, 0.3) is 0 Å². The average molecular weight is 292 g/mol. The zero-order valence-corrected chi connectivity index (χ0v) is 10.0. The number of nitrogens with zero attached hydrogens (tertiary/aromatic N) is 1. The maximum Gasteiger partial charge on any atom is 2.00 e. The fourth-order valence-corrected chi connectivity index (χ4v) is 1.03. The third kappa shape index (κ3) is 6.70. The molecule has 0 spiro atoms. The number of rotatable bonds is 3. The SMILES string of the molecule is CC(=NCC(=O)[O-])c1ccccc1[O-].O.[Cu+2].[OH3+]. The molecule has 6 nitrogen and oxygen atoms in total. The molecule has 0 aliphatic heterocycles. The molecule has 0 fully saturated rings. The summed E-state index contributed by atoms with van der Waals surface area (Å²) in [6, 6.07) is 6.34. The number of carbonyl (C=O) groups is 1. The molecule has 1 radical (unpaired) electrons. The van der Waals surface area contributed by atoms with Gasteiger partial charge in [0, 0.05) is 5.71 Å². The number of carboxylic acids is 1. The van der Waals surface area contributed by atoms with E-state index in [0.29, 0.717) is 11.3 Å². The van der Waals surface area contributed by atoms with E-state index in [1.807, 2.05) is 0 Å². The van der Waals surface area contributed by atoms with E-state index in [9.17, 15) is 15.0 Å². The van der Waals surface area contributed by atoms with Crippen molar-refractivity contribution in [1.29, 1.82) is 0 Å². The number of benzene rings is 1. The van der Waals surface area contributed by atoms with Crippen molar-refractivity contribution in [3.05, 3.63) is 29.8 Å². The van der Waals surface area contributed by atoms with E-state index in [1.165, 1.54) is 6.07 Å². The van der Waals surface area contributed by atoms with Gasteiger partial charge in [-0.2, -0.15) is 0 Å². The summed E-state index contributed by atoms with van der Waals surface area (Å²) in [6.45, 7) is 1.18. The van der Waals surface area contributed by atoms with E-state index in [4.69, 9.17) is 0 Å².